The number of rotatable bonds is 1. The largest absolute Gasteiger partial charge is 0.261 e. The van der Waals surface area contributed by atoms with Gasteiger partial charge in [0.1, 0.15) is 0 Å². The second kappa shape index (κ2) is 3.54. The van der Waals surface area contributed by atoms with Crippen LogP contribution in [0.5, 0.6) is 0 Å². The lowest BCUT2D eigenvalue weighted by atomic mass is 10.2. The van der Waals surface area contributed by atoms with Crippen molar-refractivity contribution in [1.82, 2.24) is 0 Å². The molecule has 0 unspecified atom stereocenters. The first-order valence-corrected chi connectivity index (χ1v) is 3.86. The zero-order valence-corrected chi connectivity index (χ0v) is 7.39. The van der Waals surface area contributed by atoms with Gasteiger partial charge in [0, 0.05) is 11.2 Å². The minimum absolute atomic E-state index is 0.762. The molecule has 1 aromatic carbocycles. The van der Waals surface area contributed by atoms with E-state index in [1.807, 2.05) is 32.0 Å². The minimum atomic E-state index is 0.762. The standard InChI is InChI=1S/C9H10ClN/c1-3-11-9-5-4-8(10)6-7(9)2/h3-6H,1-2H3/b11-3-. The lowest BCUT2D eigenvalue weighted by Crippen LogP contribution is -1.73. The second-order valence-corrected chi connectivity index (χ2v) is 2.75. The maximum absolute atomic E-state index is 5.77. The Labute approximate surface area is 71.7 Å². The van der Waals surface area contributed by atoms with Gasteiger partial charge in [-0.2, -0.15) is 0 Å². The van der Waals surface area contributed by atoms with E-state index in [0.29, 0.717) is 0 Å². The number of aliphatic imine (C=N–C) groups is 1. The van der Waals surface area contributed by atoms with Crippen LogP contribution in [-0.4, -0.2) is 6.21 Å². The predicted molar refractivity (Wildman–Crippen MR) is 50.0 cm³/mol. The molecule has 11 heavy (non-hydrogen) atoms. The van der Waals surface area contributed by atoms with Gasteiger partial charge in [0.25, 0.3) is 0 Å². The van der Waals surface area contributed by atoms with Gasteiger partial charge in [-0.3, -0.25) is 4.99 Å². The molecule has 0 saturated heterocycles. The Morgan fingerprint density at radius 3 is 2.73 bits per heavy atom. The highest BCUT2D eigenvalue weighted by Crippen LogP contribution is 2.21. The lowest BCUT2D eigenvalue weighted by molar-refractivity contribution is 1.40. The molecule has 1 nitrogen and oxygen atoms in total. The molecular formula is C9H10ClN. The van der Waals surface area contributed by atoms with E-state index in [0.717, 1.165) is 16.3 Å². The lowest BCUT2D eigenvalue weighted by Gasteiger charge is -1.98. The summed E-state index contributed by atoms with van der Waals surface area (Å²) in [5.74, 6) is 0. The van der Waals surface area contributed by atoms with Crippen LogP contribution in [0.2, 0.25) is 5.02 Å². The third-order valence-electron chi connectivity index (χ3n) is 1.43. The number of nitrogens with zero attached hydrogens (tertiary/aromatic N) is 1. The van der Waals surface area contributed by atoms with Crippen molar-refractivity contribution in [3.05, 3.63) is 28.8 Å². The van der Waals surface area contributed by atoms with Crippen molar-refractivity contribution in [2.75, 3.05) is 0 Å². The normalized spacial score (nSPS) is 10.8. The molecule has 0 aliphatic rings. The molecule has 0 aliphatic heterocycles. The fourth-order valence-electron chi connectivity index (χ4n) is 0.903. The SMILES string of the molecule is C/C=N\c1ccc(Cl)cc1C. The number of hydrogen-bond donors (Lipinski definition) is 0. The molecule has 0 aromatic heterocycles. The van der Waals surface area contributed by atoms with E-state index in [4.69, 9.17) is 11.6 Å². The average Bonchev–Trinajstić information content (AvgIpc) is 1.95. The van der Waals surface area contributed by atoms with Crippen LogP contribution in [0.1, 0.15) is 12.5 Å². The summed E-state index contributed by atoms with van der Waals surface area (Å²) in [5.41, 5.74) is 2.09. The van der Waals surface area contributed by atoms with Gasteiger partial charge >= 0.3 is 0 Å². The van der Waals surface area contributed by atoms with E-state index in [1.54, 1.807) is 6.21 Å². The summed E-state index contributed by atoms with van der Waals surface area (Å²) in [4.78, 5) is 4.16. The highest BCUT2D eigenvalue weighted by molar-refractivity contribution is 6.30. The first-order valence-electron chi connectivity index (χ1n) is 3.49. The molecule has 0 spiro atoms. The Morgan fingerprint density at radius 1 is 1.45 bits per heavy atom. The van der Waals surface area contributed by atoms with Crippen LogP contribution in [0.4, 0.5) is 5.69 Å². The van der Waals surface area contributed by atoms with Gasteiger partial charge in [0.05, 0.1) is 5.69 Å². The first-order chi connectivity index (χ1) is 5.24. The summed E-state index contributed by atoms with van der Waals surface area (Å²) < 4.78 is 0. The van der Waals surface area contributed by atoms with Crippen LogP contribution >= 0.6 is 11.6 Å². The second-order valence-electron chi connectivity index (χ2n) is 2.32. The fraction of sp³-hybridized carbons (Fsp3) is 0.222. The predicted octanol–water partition coefficient (Wildman–Crippen LogP) is 3.37. The molecular weight excluding hydrogens is 158 g/mol. The van der Waals surface area contributed by atoms with Crippen LogP contribution in [0.25, 0.3) is 0 Å². The van der Waals surface area contributed by atoms with Gasteiger partial charge in [-0.05, 0) is 37.6 Å². The summed E-state index contributed by atoms with van der Waals surface area (Å²) in [6.07, 6.45) is 1.77. The van der Waals surface area contributed by atoms with E-state index in [2.05, 4.69) is 4.99 Å². The molecule has 0 amide bonds. The van der Waals surface area contributed by atoms with Gasteiger partial charge in [-0.25, -0.2) is 0 Å². The van der Waals surface area contributed by atoms with Crippen molar-refractivity contribution in [2.45, 2.75) is 13.8 Å². The van der Waals surface area contributed by atoms with Crippen molar-refractivity contribution in [1.29, 1.82) is 0 Å². The maximum atomic E-state index is 5.77. The molecule has 0 saturated carbocycles. The van der Waals surface area contributed by atoms with Crippen molar-refractivity contribution >= 4 is 23.5 Å². The van der Waals surface area contributed by atoms with E-state index < -0.39 is 0 Å². The number of halogens is 1. The van der Waals surface area contributed by atoms with E-state index >= 15 is 0 Å². The average molecular weight is 168 g/mol. The zero-order valence-electron chi connectivity index (χ0n) is 6.63. The van der Waals surface area contributed by atoms with Crippen molar-refractivity contribution in [3.63, 3.8) is 0 Å². The third-order valence-corrected chi connectivity index (χ3v) is 1.66. The fourth-order valence-corrected chi connectivity index (χ4v) is 1.13. The number of aryl methyl sites for hydroxylation is 1. The summed E-state index contributed by atoms with van der Waals surface area (Å²) in [7, 11) is 0. The summed E-state index contributed by atoms with van der Waals surface area (Å²) in [6.45, 7) is 3.89. The topological polar surface area (TPSA) is 12.4 Å². The Hall–Kier alpha value is -0.820. The Balaban J connectivity index is 3.09. The van der Waals surface area contributed by atoms with Crippen LogP contribution in [0, 0.1) is 6.92 Å². The van der Waals surface area contributed by atoms with Gasteiger partial charge in [-0.15, -0.1) is 0 Å². The van der Waals surface area contributed by atoms with Crippen LogP contribution in [0.15, 0.2) is 23.2 Å². The van der Waals surface area contributed by atoms with Gasteiger partial charge in [-0.1, -0.05) is 11.6 Å². The zero-order chi connectivity index (χ0) is 8.27. The molecule has 1 aromatic rings. The van der Waals surface area contributed by atoms with E-state index in [1.165, 1.54) is 0 Å². The molecule has 2 heteroatoms. The molecule has 0 radical (unpaired) electrons. The molecule has 0 N–H and O–H groups in total. The van der Waals surface area contributed by atoms with E-state index in [9.17, 15) is 0 Å². The summed E-state index contributed by atoms with van der Waals surface area (Å²) >= 11 is 5.77. The van der Waals surface area contributed by atoms with Crippen LogP contribution in [-0.2, 0) is 0 Å². The maximum Gasteiger partial charge on any atom is 0.0655 e. The molecule has 0 atom stereocenters. The minimum Gasteiger partial charge on any atom is -0.261 e. The number of hydrogen-bond acceptors (Lipinski definition) is 1. The molecule has 1 rings (SSSR count). The van der Waals surface area contributed by atoms with Crippen molar-refractivity contribution in [3.8, 4) is 0 Å². The summed E-state index contributed by atoms with van der Waals surface area (Å²) in [6, 6.07) is 5.67. The van der Waals surface area contributed by atoms with Gasteiger partial charge in [0.15, 0.2) is 0 Å². The highest BCUT2D eigenvalue weighted by Gasteiger charge is 1.94. The Kier molecular flexibility index (Phi) is 2.66. The Morgan fingerprint density at radius 2 is 2.18 bits per heavy atom. The van der Waals surface area contributed by atoms with Gasteiger partial charge in [0.2, 0.25) is 0 Å². The van der Waals surface area contributed by atoms with Crippen LogP contribution in [0.3, 0.4) is 0 Å². The molecule has 0 aliphatic carbocycles. The quantitative estimate of drug-likeness (QED) is 0.569. The smallest absolute Gasteiger partial charge is 0.0655 e. The molecule has 0 heterocycles. The summed E-state index contributed by atoms with van der Waals surface area (Å²) in [5, 5.41) is 0.762. The van der Waals surface area contributed by atoms with E-state index in [-0.39, 0.29) is 0 Å². The number of benzene rings is 1. The third kappa shape index (κ3) is 2.05. The molecule has 0 bridgehead atoms. The van der Waals surface area contributed by atoms with Crippen molar-refractivity contribution in [2.24, 2.45) is 4.99 Å². The molecule has 0 fully saturated rings. The molecule has 58 valence electrons. The van der Waals surface area contributed by atoms with Crippen LogP contribution < -0.4 is 0 Å². The highest BCUT2D eigenvalue weighted by atomic mass is 35.5. The monoisotopic (exact) mass is 167 g/mol. The Bertz CT molecular complexity index is 279. The van der Waals surface area contributed by atoms with Gasteiger partial charge < -0.3 is 0 Å². The van der Waals surface area contributed by atoms with Crippen molar-refractivity contribution < 1.29 is 0 Å². The first kappa shape index (κ1) is 8.28.